The summed E-state index contributed by atoms with van der Waals surface area (Å²) in [5, 5.41) is 2.24. The summed E-state index contributed by atoms with van der Waals surface area (Å²) in [6.07, 6.45) is 1.06. The average molecular weight is 231 g/mol. The van der Waals surface area contributed by atoms with Gasteiger partial charge in [0.25, 0.3) is 5.91 Å². The molecular weight excluding hydrogens is 214 g/mol. The van der Waals surface area contributed by atoms with Crippen LogP contribution in [0.25, 0.3) is 0 Å². The van der Waals surface area contributed by atoms with Gasteiger partial charge in [-0.25, -0.2) is 4.79 Å². The Bertz CT molecular complexity index is 255. The largest absolute Gasteiger partial charge is 0.450 e. The van der Waals surface area contributed by atoms with Crippen molar-refractivity contribution in [2.45, 2.75) is 26.7 Å². The van der Waals surface area contributed by atoms with Gasteiger partial charge in [0.2, 0.25) is 5.91 Å². The lowest BCUT2D eigenvalue weighted by Crippen LogP contribution is -2.45. The van der Waals surface area contributed by atoms with E-state index in [4.69, 9.17) is 4.74 Å². The molecule has 0 heterocycles. The van der Waals surface area contributed by atoms with Crippen LogP contribution in [0.15, 0.2) is 0 Å². The van der Waals surface area contributed by atoms with Crippen molar-refractivity contribution in [1.29, 1.82) is 0 Å². The molecule has 0 aliphatic rings. The van der Waals surface area contributed by atoms with Gasteiger partial charge >= 0.3 is 6.09 Å². The van der Waals surface area contributed by atoms with Crippen molar-refractivity contribution in [1.82, 2.24) is 16.2 Å². The summed E-state index contributed by atoms with van der Waals surface area (Å²) in [4.78, 5) is 32.4. The number of nitrogens with one attached hydrogen (secondary N) is 3. The van der Waals surface area contributed by atoms with Gasteiger partial charge in [0.15, 0.2) is 0 Å². The van der Waals surface area contributed by atoms with Crippen LogP contribution in [0.4, 0.5) is 4.79 Å². The second-order valence-electron chi connectivity index (χ2n) is 3.07. The third-order valence-corrected chi connectivity index (χ3v) is 1.50. The molecular formula is C9H17N3O4. The van der Waals surface area contributed by atoms with Gasteiger partial charge in [-0.05, 0) is 6.42 Å². The van der Waals surface area contributed by atoms with E-state index in [1.165, 1.54) is 6.92 Å². The SMILES string of the molecule is CCCCOC(=O)NCC(=O)NNC(C)=O. The summed E-state index contributed by atoms with van der Waals surface area (Å²) in [5.41, 5.74) is 4.19. The molecule has 0 saturated carbocycles. The van der Waals surface area contributed by atoms with Crippen molar-refractivity contribution in [2.24, 2.45) is 0 Å². The Labute approximate surface area is 93.9 Å². The van der Waals surface area contributed by atoms with Crippen molar-refractivity contribution in [3.63, 3.8) is 0 Å². The number of hydrogen-bond donors (Lipinski definition) is 3. The van der Waals surface area contributed by atoms with E-state index < -0.39 is 12.0 Å². The Kier molecular flexibility index (Phi) is 7.56. The van der Waals surface area contributed by atoms with Gasteiger partial charge in [-0.15, -0.1) is 0 Å². The smallest absolute Gasteiger partial charge is 0.407 e. The van der Waals surface area contributed by atoms with Crippen LogP contribution in [0.5, 0.6) is 0 Å². The highest BCUT2D eigenvalue weighted by molar-refractivity contribution is 5.84. The van der Waals surface area contributed by atoms with E-state index in [0.29, 0.717) is 6.61 Å². The monoisotopic (exact) mass is 231 g/mol. The molecule has 0 unspecified atom stereocenters. The van der Waals surface area contributed by atoms with Crippen molar-refractivity contribution in [2.75, 3.05) is 13.2 Å². The van der Waals surface area contributed by atoms with Gasteiger partial charge in [0.1, 0.15) is 6.54 Å². The summed E-state index contributed by atoms with van der Waals surface area (Å²) < 4.78 is 4.74. The molecule has 92 valence electrons. The molecule has 0 spiro atoms. The zero-order chi connectivity index (χ0) is 12.4. The Hall–Kier alpha value is -1.79. The molecule has 0 aromatic heterocycles. The van der Waals surface area contributed by atoms with Crippen LogP contribution >= 0.6 is 0 Å². The summed E-state index contributed by atoms with van der Waals surface area (Å²) >= 11 is 0. The van der Waals surface area contributed by atoms with E-state index in [1.807, 2.05) is 6.92 Å². The fourth-order valence-electron chi connectivity index (χ4n) is 0.715. The molecule has 16 heavy (non-hydrogen) atoms. The first-order valence-corrected chi connectivity index (χ1v) is 5.02. The van der Waals surface area contributed by atoms with Gasteiger partial charge in [-0.1, -0.05) is 13.3 Å². The fraction of sp³-hybridized carbons (Fsp3) is 0.667. The molecule has 0 aliphatic heterocycles. The van der Waals surface area contributed by atoms with E-state index in [0.717, 1.165) is 12.8 Å². The average Bonchev–Trinajstić information content (AvgIpc) is 2.24. The fourth-order valence-corrected chi connectivity index (χ4v) is 0.715. The van der Waals surface area contributed by atoms with Crippen molar-refractivity contribution < 1.29 is 19.1 Å². The molecule has 7 heteroatoms. The van der Waals surface area contributed by atoms with E-state index in [1.54, 1.807) is 0 Å². The summed E-state index contributed by atoms with van der Waals surface area (Å²) in [6.45, 7) is 3.32. The highest BCUT2D eigenvalue weighted by Gasteiger charge is 2.05. The third-order valence-electron chi connectivity index (χ3n) is 1.50. The third kappa shape index (κ3) is 8.79. The van der Waals surface area contributed by atoms with Crippen molar-refractivity contribution in [3.05, 3.63) is 0 Å². The van der Waals surface area contributed by atoms with Crippen molar-refractivity contribution >= 4 is 17.9 Å². The highest BCUT2D eigenvalue weighted by Crippen LogP contribution is 1.87. The number of hydrogen-bond acceptors (Lipinski definition) is 4. The molecule has 0 atom stereocenters. The second kappa shape index (κ2) is 8.51. The first kappa shape index (κ1) is 14.2. The zero-order valence-electron chi connectivity index (χ0n) is 9.46. The molecule has 3 N–H and O–H groups in total. The standard InChI is InChI=1S/C9H17N3O4/c1-3-4-5-16-9(15)10-6-8(14)12-11-7(2)13/h3-6H2,1-2H3,(H,10,15)(H,11,13)(H,12,14). The minimum Gasteiger partial charge on any atom is -0.450 e. The predicted octanol–water partition coefficient (Wildman–Crippen LogP) is -0.320. The molecule has 0 aromatic rings. The number of ether oxygens (including phenoxy) is 1. The van der Waals surface area contributed by atoms with E-state index in [-0.39, 0.29) is 12.5 Å². The maximum absolute atomic E-state index is 11.0. The van der Waals surface area contributed by atoms with Gasteiger partial charge < -0.3 is 10.1 Å². The Morgan fingerprint density at radius 2 is 1.88 bits per heavy atom. The molecule has 0 bridgehead atoms. The quantitative estimate of drug-likeness (QED) is 0.446. The number of hydrazine groups is 1. The maximum atomic E-state index is 11.0. The molecule has 0 saturated heterocycles. The zero-order valence-corrected chi connectivity index (χ0v) is 9.46. The Balaban J connectivity index is 3.51. The normalized spacial score (nSPS) is 9.12. The lowest BCUT2D eigenvalue weighted by Gasteiger charge is -2.07. The minimum atomic E-state index is -0.647. The van der Waals surface area contributed by atoms with Crippen LogP contribution in [-0.2, 0) is 14.3 Å². The van der Waals surface area contributed by atoms with Crippen LogP contribution < -0.4 is 16.2 Å². The predicted molar refractivity (Wildman–Crippen MR) is 56.2 cm³/mol. The van der Waals surface area contributed by atoms with Gasteiger partial charge in [-0.2, -0.15) is 0 Å². The lowest BCUT2D eigenvalue weighted by molar-refractivity contribution is -0.127. The molecule has 0 radical (unpaired) electrons. The number of carbonyl (C=O) groups excluding carboxylic acids is 3. The first-order chi connectivity index (χ1) is 7.56. The Morgan fingerprint density at radius 3 is 2.44 bits per heavy atom. The van der Waals surface area contributed by atoms with Crippen LogP contribution in [0.2, 0.25) is 0 Å². The minimum absolute atomic E-state index is 0.245. The molecule has 0 fully saturated rings. The first-order valence-electron chi connectivity index (χ1n) is 5.02. The van der Waals surface area contributed by atoms with E-state index in [2.05, 4.69) is 16.2 Å². The van der Waals surface area contributed by atoms with E-state index in [9.17, 15) is 14.4 Å². The number of unbranched alkanes of at least 4 members (excludes halogenated alkanes) is 1. The van der Waals surface area contributed by atoms with E-state index >= 15 is 0 Å². The van der Waals surface area contributed by atoms with Crippen LogP contribution in [-0.4, -0.2) is 31.1 Å². The Morgan fingerprint density at radius 1 is 1.19 bits per heavy atom. The summed E-state index contributed by atoms with van der Waals surface area (Å²) in [6, 6.07) is 0. The molecule has 0 aliphatic carbocycles. The van der Waals surface area contributed by atoms with Gasteiger partial charge in [0.05, 0.1) is 6.61 Å². The number of carbonyl (C=O) groups is 3. The molecule has 3 amide bonds. The van der Waals surface area contributed by atoms with Crippen LogP contribution in [0, 0.1) is 0 Å². The molecule has 0 rings (SSSR count). The highest BCUT2D eigenvalue weighted by atomic mass is 16.5. The van der Waals surface area contributed by atoms with Crippen LogP contribution in [0.1, 0.15) is 26.7 Å². The maximum Gasteiger partial charge on any atom is 0.407 e. The number of rotatable bonds is 5. The van der Waals surface area contributed by atoms with Gasteiger partial charge in [0, 0.05) is 6.92 Å². The number of alkyl carbamates (subject to hydrolysis) is 1. The van der Waals surface area contributed by atoms with Crippen molar-refractivity contribution in [3.8, 4) is 0 Å². The second-order valence-corrected chi connectivity index (χ2v) is 3.07. The lowest BCUT2D eigenvalue weighted by atomic mass is 10.4. The summed E-state index contributed by atoms with van der Waals surface area (Å²) in [7, 11) is 0. The number of amides is 3. The summed E-state index contributed by atoms with van der Waals surface area (Å²) in [5.74, 6) is -0.915. The van der Waals surface area contributed by atoms with Gasteiger partial charge in [-0.3, -0.25) is 20.4 Å². The molecule has 0 aromatic carbocycles. The topological polar surface area (TPSA) is 96.5 Å². The van der Waals surface area contributed by atoms with Crippen LogP contribution in [0.3, 0.4) is 0 Å². The molecule has 7 nitrogen and oxygen atoms in total.